The highest BCUT2D eigenvalue weighted by atomic mass is 16.5. The summed E-state index contributed by atoms with van der Waals surface area (Å²) in [7, 11) is 2.98. The number of hydrogen-bond acceptors (Lipinski definition) is 6. The van der Waals surface area contributed by atoms with Gasteiger partial charge in [0.2, 0.25) is 5.91 Å². The van der Waals surface area contributed by atoms with E-state index in [4.69, 9.17) is 14.2 Å². The number of amides is 4. The number of rotatable bonds is 8. The Labute approximate surface area is 180 Å². The molecule has 31 heavy (non-hydrogen) atoms. The highest BCUT2D eigenvalue weighted by molar-refractivity contribution is 6.10. The highest BCUT2D eigenvalue weighted by Gasteiger charge is 2.49. The van der Waals surface area contributed by atoms with Crippen LogP contribution >= 0.6 is 0 Å². The summed E-state index contributed by atoms with van der Waals surface area (Å²) in [5.41, 5.74) is -0.288. The van der Waals surface area contributed by atoms with E-state index in [1.165, 1.54) is 14.2 Å². The van der Waals surface area contributed by atoms with Crippen molar-refractivity contribution in [2.75, 3.05) is 32.7 Å². The minimum absolute atomic E-state index is 0.393. The summed E-state index contributed by atoms with van der Waals surface area (Å²) in [5.74, 6) is 0.567. The van der Waals surface area contributed by atoms with Gasteiger partial charge in [0.05, 0.1) is 26.5 Å². The van der Waals surface area contributed by atoms with Crippen LogP contribution in [0.2, 0.25) is 0 Å². The molecule has 9 nitrogen and oxygen atoms in total. The van der Waals surface area contributed by atoms with Crippen molar-refractivity contribution >= 4 is 23.5 Å². The molecule has 1 heterocycles. The average molecular weight is 427 g/mol. The molecular weight excluding hydrogens is 402 g/mol. The van der Waals surface area contributed by atoms with Crippen molar-refractivity contribution in [1.29, 1.82) is 0 Å². The topological polar surface area (TPSA) is 106 Å². The van der Waals surface area contributed by atoms with E-state index >= 15 is 0 Å². The van der Waals surface area contributed by atoms with Gasteiger partial charge in [0.1, 0.15) is 29.3 Å². The number of nitrogens with zero attached hydrogens (tertiary/aromatic N) is 1. The first-order valence-corrected chi connectivity index (χ1v) is 9.71. The van der Waals surface area contributed by atoms with Crippen molar-refractivity contribution in [1.82, 2.24) is 10.2 Å². The number of urea groups is 1. The first-order chi connectivity index (χ1) is 14.8. The van der Waals surface area contributed by atoms with Crippen LogP contribution in [0.1, 0.15) is 19.4 Å². The molecule has 0 unspecified atom stereocenters. The third kappa shape index (κ3) is 4.40. The maximum atomic E-state index is 13.0. The van der Waals surface area contributed by atoms with Gasteiger partial charge in [-0.05, 0) is 43.7 Å². The predicted molar refractivity (Wildman–Crippen MR) is 113 cm³/mol. The van der Waals surface area contributed by atoms with Gasteiger partial charge >= 0.3 is 6.03 Å². The van der Waals surface area contributed by atoms with Crippen LogP contribution in [-0.2, 0) is 15.1 Å². The molecule has 0 saturated carbocycles. The normalized spacial score (nSPS) is 17.9. The number of carbonyl (C=O) groups is 3. The molecular formula is C22H25N3O6. The lowest BCUT2D eigenvalue weighted by Crippen LogP contribution is -2.42. The van der Waals surface area contributed by atoms with E-state index in [1.54, 1.807) is 49.4 Å². The number of imide groups is 1. The molecule has 0 aliphatic carbocycles. The minimum atomic E-state index is -1.28. The molecule has 2 N–H and O–H groups in total. The Hall–Kier alpha value is -3.75. The molecule has 0 aromatic heterocycles. The summed E-state index contributed by atoms with van der Waals surface area (Å²) in [6, 6.07) is 11.2. The van der Waals surface area contributed by atoms with Gasteiger partial charge in [0.15, 0.2) is 0 Å². The van der Waals surface area contributed by atoms with Crippen LogP contribution in [0.3, 0.4) is 0 Å². The third-order valence-electron chi connectivity index (χ3n) is 5.00. The number of carbonyl (C=O) groups excluding carboxylic acids is 3. The number of benzene rings is 2. The number of methoxy groups -OCH3 is 2. The molecule has 0 spiro atoms. The van der Waals surface area contributed by atoms with E-state index < -0.39 is 29.9 Å². The zero-order chi connectivity index (χ0) is 22.6. The van der Waals surface area contributed by atoms with E-state index in [2.05, 4.69) is 10.6 Å². The zero-order valence-electron chi connectivity index (χ0n) is 17.9. The molecule has 1 saturated heterocycles. The summed E-state index contributed by atoms with van der Waals surface area (Å²) in [4.78, 5) is 39.0. The summed E-state index contributed by atoms with van der Waals surface area (Å²) < 4.78 is 15.8. The van der Waals surface area contributed by atoms with E-state index in [0.717, 1.165) is 4.90 Å². The number of ether oxygens (including phenoxy) is 3. The van der Waals surface area contributed by atoms with E-state index in [1.807, 2.05) is 6.92 Å². The summed E-state index contributed by atoms with van der Waals surface area (Å²) in [5, 5.41) is 5.34. The Morgan fingerprint density at radius 2 is 1.74 bits per heavy atom. The maximum absolute atomic E-state index is 13.0. The molecule has 0 radical (unpaired) electrons. The Bertz CT molecular complexity index is 991. The molecule has 0 bridgehead atoms. The largest absolute Gasteiger partial charge is 0.497 e. The monoisotopic (exact) mass is 427 g/mol. The fourth-order valence-corrected chi connectivity index (χ4v) is 3.32. The fourth-order valence-electron chi connectivity index (χ4n) is 3.32. The molecule has 2 aromatic rings. The molecule has 1 aliphatic heterocycles. The third-order valence-corrected chi connectivity index (χ3v) is 5.00. The van der Waals surface area contributed by atoms with Gasteiger partial charge in [-0.15, -0.1) is 0 Å². The smallest absolute Gasteiger partial charge is 0.325 e. The maximum Gasteiger partial charge on any atom is 0.325 e. The first-order valence-electron chi connectivity index (χ1n) is 9.71. The average Bonchev–Trinajstić information content (AvgIpc) is 2.98. The van der Waals surface area contributed by atoms with E-state index in [0.29, 0.717) is 35.1 Å². The van der Waals surface area contributed by atoms with Crippen molar-refractivity contribution in [3.8, 4) is 17.2 Å². The molecule has 4 amide bonds. The first kappa shape index (κ1) is 21.9. The molecule has 9 heteroatoms. The highest BCUT2D eigenvalue weighted by Crippen LogP contribution is 2.31. The van der Waals surface area contributed by atoms with E-state index in [-0.39, 0.29) is 0 Å². The molecule has 1 fully saturated rings. The number of hydrogen-bond donors (Lipinski definition) is 2. The van der Waals surface area contributed by atoms with Crippen LogP contribution in [0.4, 0.5) is 10.5 Å². The van der Waals surface area contributed by atoms with Crippen molar-refractivity contribution in [3.63, 3.8) is 0 Å². The van der Waals surface area contributed by atoms with Gasteiger partial charge in [0, 0.05) is 6.07 Å². The predicted octanol–water partition coefficient (Wildman–Crippen LogP) is 2.51. The molecule has 1 atom stereocenters. The Morgan fingerprint density at radius 3 is 2.35 bits per heavy atom. The van der Waals surface area contributed by atoms with Gasteiger partial charge in [0.25, 0.3) is 5.91 Å². The quantitative estimate of drug-likeness (QED) is 0.627. The lowest BCUT2D eigenvalue weighted by Gasteiger charge is -2.22. The summed E-state index contributed by atoms with van der Waals surface area (Å²) in [6.45, 7) is 3.56. The second kappa shape index (κ2) is 8.95. The fraction of sp³-hybridized carbons (Fsp3) is 0.318. The lowest BCUT2D eigenvalue weighted by atomic mass is 9.92. The van der Waals surface area contributed by atoms with Crippen LogP contribution in [0.15, 0.2) is 42.5 Å². The Morgan fingerprint density at radius 1 is 1.06 bits per heavy atom. The summed E-state index contributed by atoms with van der Waals surface area (Å²) in [6.07, 6.45) is 0. The SMILES string of the molecule is CCOc1ccc([C@@]2(C)NC(=O)N(CC(=O)Nc3ccc(OC)cc3OC)C2=O)cc1. The molecule has 3 rings (SSSR count). The van der Waals surface area contributed by atoms with Crippen LogP contribution in [0.25, 0.3) is 0 Å². The van der Waals surface area contributed by atoms with Crippen molar-refractivity contribution in [2.45, 2.75) is 19.4 Å². The molecule has 1 aliphatic rings. The van der Waals surface area contributed by atoms with Crippen LogP contribution < -0.4 is 24.8 Å². The van der Waals surface area contributed by atoms with Crippen molar-refractivity contribution in [2.24, 2.45) is 0 Å². The van der Waals surface area contributed by atoms with Crippen LogP contribution in [0, 0.1) is 0 Å². The second-order valence-corrected chi connectivity index (χ2v) is 7.02. The molecule has 2 aromatic carbocycles. The van der Waals surface area contributed by atoms with Crippen molar-refractivity contribution < 1.29 is 28.6 Å². The van der Waals surface area contributed by atoms with Gasteiger partial charge in [-0.1, -0.05) is 12.1 Å². The number of nitrogens with one attached hydrogen (secondary N) is 2. The van der Waals surface area contributed by atoms with Gasteiger partial charge in [-0.25, -0.2) is 4.79 Å². The second-order valence-electron chi connectivity index (χ2n) is 7.02. The van der Waals surface area contributed by atoms with Crippen molar-refractivity contribution in [3.05, 3.63) is 48.0 Å². The zero-order valence-corrected chi connectivity index (χ0v) is 17.9. The van der Waals surface area contributed by atoms with Crippen LogP contribution in [-0.4, -0.2) is 50.1 Å². The molecule has 164 valence electrons. The number of anilines is 1. The standard InChI is InChI=1S/C22H25N3O6/c1-5-31-15-8-6-14(7-9-15)22(2)20(27)25(21(28)24-22)13-19(26)23-17-11-10-16(29-3)12-18(17)30-4/h6-12H,5,13H2,1-4H3,(H,23,26)(H,24,28)/t22-/m1/s1. The minimum Gasteiger partial charge on any atom is -0.497 e. The van der Waals surface area contributed by atoms with E-state index in [9.17, 15) is 14.4 Å². The Balaban J connectivity index is 1.73. The summed E-state index contributed by atoms with van der Waals surface area (Å²) >= 11 is 0. The van der Waals surface area contributed by atoms with Gasteiger partial charge < -0.3 is 24.8 Å². The van der Waals surface area contributed by atoms with Gasteiger partial charge in [-0.3, -0.25) is 14.5 Å². The van der Waals surface area contributed by atoms with Crippen LogP contribution in [0.5, 0.6) is 17.2 Å². The Kier molecular flexibility index (Phi) is 6.33. The lowest BCUT2D eigenvalue weighted by molar-refractivity contribution is -0.133. The van der Waals surface area contributed by atoms with Gasteiger partial charge in [-0.2, -0.15) is 0 Å².